The highest BCUT2D eigenvalue weighted by atomic mass is 16.4. The van der Waals surface area contributed by atoms with Gasteiger partial charge < -0.3 is 10.4 Å². The van der Waals surface area contributed by atoms with E-state index < -0.39 is 5.97 Å². The highest BCUT2D eigenvalue weighted by Gasteiger charge is 2.20. The third-order valence-corrected chi connectivity index (χ3v) is 3.51. The molecule has 0 aliphatic heterocycles. The molecule has 2 rings (SSSR count). The average molecular weight is 257 g/mol. The smallest absolute Gasteiger partial charge is 0.303 e. The van der Waals surface area contributed by atoms with Crippen molar-refractivity contribution < 1.29 is 9.90 Å². The largest absolute Gasteiger partial charge is 0.481 e. The van der Waals surface area contributed by atoms with Crippen molar-refractivity contribution in [2.24, 2.45) is 5.92 Å². The minimum absolute atomic E-state index is 0.0451. The normalized spacial score (nSPS) is 14.2. The van der Waals surface area contributed by atoms with E-state index in [0.29, 0.717) is 0 Å². The summed E-state index contributed by atoms with van der Waals surface area (Å²) in [4.78, 5) is 10.8. The van der Waals surface area contributed by atoms with Gasteiger partial charge in [-0.1, -0.05) is 43.3 Å². The molecule has 0 aliphatic rings. The number of carboxylic acids is 1. The Bertz CT molecular complexity index is 580. The van der Waals surface area contributed by atoms with E-state index in [9.17, 15) is 4.79 Å². The summed E-state index contributed by atoms with van der Waals surface area (Å²) in [5.41, 5.74) is 1.13. The van der Waals surface area contributed by atoms with Crippen LogP contribution >= 0.6 is 0 Å². The number of carboxylic acid groups (broad SMARTS) is 1. The molecule has 3 nitrogen and oxygen atoms in total. The van der Waals surface area contributed by atoms with Crippen LogP contribution in [0, 0.1) is 5.92 Å². The van der Waals surface area contributed by atoms with Crippen LogP contribution in [0.3, 0.4) is 0 Å². The standard InChI is InChI=1S/C16H19NO2/c1-11(9-15(18)19)16(17-2)14-8-7-12-5-3-4-6-13(12)10-14/h3-8,10-11,16-17H,9H2,1-2H3,(H,18,19). The van der Waals surface area contributed by atoms with E-state index in [1.807, 2.05) is 26.1 Å². The van der Waals surface area contributed by atoms with Crippen molar-refractivity contribution in [1.82, 2.24) is 5.32 Å². The van der Waals surface area contributed by atoms with Crippen molar-refractivity contribution >= 4 is 16.7 Å². The summed E-state index contributed by atoms with van der Waals surface area (Å²) in [6.07, 6.45) is 0.165. The van der Waals surface area contributed by atoms with Crippen LogP contribution in [0.1, 0.15) is 24.9 Å². The molecule has 2 atom stereocenters. The molecule has 0 spiro atoms. The lowest BCUT2D eigenvalue weighted by Gasteiger charge is -2.23. The molecule has 0 radical (unpaired) electrons. The number of carbonyl (C=O) groups is 1. The molecule has 100 valence electrons. The third-order valence-electron chi connectivity index (χ3n) is 3.51. The molecule has 0 fully saturated rings. The summed E-state index contributed by atoms with van der Waals surface area (Å²) in [7, 11) is 1.87. The molecule has 0 aromatic heterocycles. The van der Waals surface area contributed by atoms with Gasteiger partial charge in [-0.25, -0.2) is 0 Å². The van der Waals surface area contributed by atoms with Crippen molar-refractivity contribution in [3.8, 4) is 0 Å². The lowest BCUT2D eigenvalue weighted by Crippen LogP contribution is -2.25. The zero-order valence-electron chi connectivity index (χ0n) is 11.3. The van der Waals surface area contributed by atoms with Gasteiger partial charge in [-0.3, -0.25) is 4.79 Å². The highest BCUT2D eigenvalue weighted by molar-refractivity contribution is 5.83. The zero-order valence-corrected chi connectivity index (χ0v) is 11.3. The predicted octanol–water partition coefficient (Wildman–Crippen LogP) is 3.21. The van der Waals surface area contributed by atoms with Crippen LogP contribution in [0.2, 0.25) is 0 Å². The fraction of sp³-hybridized carbons (Fsp3) is 0.312. The van der Waals surface area contributed by atoms with E-state index in [0.717, 1.165) is 5.56 Å². The van der Waals surface area contributed by atoms with Gasteiger partial charge in [-0.2, -0.15) is 0 Å². The van der Waals surface area contributed by atoms with Crippen LogP contribution in [0.4, 0.5) is 0 Å². The first-order valence-electron chi connectivity index (χ1n) is 6.49. The van der Waals surface area contributed by atoms with Crippen molar-refractivity contribution in [3.05, 3.63) is 48.0 Å². The fourth-order valence-corrected chi connectivity index (χ4v) is 2.57. The number of hydrogen-bond acceptors (Lipinski definition) is 2. The number of aliphatic carboxylic acids is 1. The summed E-state index contributed by atoms with van der Waals surface area (Å²) in [6.45, 7) is 1.96. The molecule has 0 aliphatic carbocycles. The van der Waals surface area contributed by atoms with E-state index >= 15 is 0 Å². The first-order chi connectivity index (χ1) is 9.11. The zero-order chi connectivity index (χ0) is 13.8. The quantitative estimate of drug-likeness (QED) is 0.864. The average Bonchev–Trinajstić information content (AvgIpc) is 2.38. The Balaban J connectivity index is 2.32. The van der Waals surface area contributed by atoms with Crippen LogP contribution < -0.4 is 5.32 Å². The molecule has 2 aromatic rings. The second kappa shape index (κ2) is 5.85. The van der Waals surface area contributed by atoms with Gasteiger partial charge in [0.05, 0.1) is 0 Å². The van der Waals surface area contributed by atoms with Crippen molar-refractivity contribution in [3.63, 3.8) is 0 Å². The molecule has 0 saturated carbocycles. The van der Waals surface area contributed by atoms with Gasteiger partial charge in [-0.05, 0) is 35.4 Å². The number of benzene rings is 2. The van der Waals surface area contributed by atoms with E-state index in [1.54, 1.807) is 0 Å². The van der Waals surface area contributed by atoms with Gasteiger partial charge in [-0.15, -0.1) is 0 Å². The van der Waals surface area contributed by atoms with E-state index in [1.165, 1.54) is 10.8 Å². The molecule has 2 N–H and O–H groups in total. The summed E-state index contributed by atoms with van der Waals surface area (Å²) in [6, 6.07) is 14.5. The van der Waals surface area contributed by atoms with Gasteiger partial charge in [0.1, 0.15) is 0 Å². The maximum absolute atomic E-state index is 10.8. The maximum atomic E-state index is 10.8. The molecule has 3 heteroatoms. The lowest BCUT2D eigenvalue weighted by molar-refractivity contribution is -0.138. The summed E-state index contributed by atoms with van der Waals surface area (Å²) in [5, 5.41) is 14.5. The van der Waals surface area contributed by atoms with Crippen LogP contribution in [-0.2, 0) is 4.79 Å². The van der Waals surface area contributed by atoms with Gasteiger partial charge >= 0.3 is 5.97 Å². The molecule has 2 unspecified atom stereocenters. The second-order valence-corrected chi connectivity index (χ2v) is 4.95. The van der Waals surface area contributed by atoms with Crippen molar-refractivity contribution in [2.45, 2.75) is 19.4 Å². The van der Waals surface area contributed by atoms with Gasteiger partial charge in [0.25, 0.3) is 0 Å². The van der Waals surface area contributed by atoms with Crippen LogP contribution in [-0.4, -0.2) is 18.1 Å². The SMILES string of the molecule is CNC(c1ccc2ccccc2c1)C(C)CC(=O)O. The van der Waals surface area contributed by atoms with Crippen LogP contribution in [0.5, 0.6) is 0 Å². The molecule has 0 amide bonds. The summed E-state index contributed by atoms with van der Waals surface area (Å²) >= 11 is 0. The lowest BCUT2D eigenvalue weighted by atomic mass is 9.91. The highest BCUT2D eigenvalue weighted by Crippen LogP contribution is 2.27. The first-order valence-corrected chi connectivity index (χ1v) is 6.49. The number of hydrogen-bond donors (Lipinski definition) is 2. The Labute approximate surface area is 113 Å². The topological polar surface area (TPSA) is 49.3 Å². The Morgan fingerprint density at radius 3 is 2.53 bits per heavy atom. The Morgan fingerprint density at radius 2 is 1.89 bits per heavy atom. The van der Waals surface area contributed by atoms with Gasteiger partial charge in [0.15, 0.2) is 0 Å². The molecule has 0 bridgehead atoms. The van der Waals surface area contributed by atoms with Crippen molar-refractivity contribution in [1.29, 1.82) is 0 Å². The monoisotopic (exact) mass is 257 g/mol. The van der Waals surface area contributed by atoms with Crippen molar-refractivity contribution in [2.75, 3.05) is 7.05 Å². The molecule has 0 heterocycles. The van der Waals surface area contributed by atoms with Gasteiger partial charge in [0.2, 0.25) is 0 Å². The van der Waals surface area contributed by atoms with E-state index in [-0.39, 0.29) is 18.4 Å². The predicted molar refractivity (Wildman–Crippen MR) is 77.2 cm³/mol. The number of rotatable bonds is 5. The molecular weight excluding hydrogens is 238 g/mol. The molecule has 2 aromatic carbocycles. The first kappa shape index (κ1) is 13.6. The third kappa shape index (κ3) is 3.12. The minimum Gasteiger partial charge on any atom is -0.481 e. The fourth-order valence-electron chi connectivity index (χ4n) is 2.57. The Hall–Kier alpha value is -1.87. The van der Waals surface area contributed by atoms with Crippen LogP contribution in [0.25, 0.3) is 10.8 Å². The Kier molecular flexibility index (Phi) is 4.17. The maximum Gasteiger partial charge on any atom is 0.303 e. The number of fused-ring (bicyclic) bond motifs is 1. The minimum atomic E-state index is -0.756. The number of nitrogens with one attached hydrogen (secondary N) is 1. The van der Waals surface area contributed by atoms with Crippen LogP contribution in [0.15, 0.2) is 42.5 Å². The van der Waals surface area contributed by atoms with E-state index in [4.69, 9.17) is 5.11 Å². The molecule has 19 heavy (non-hydrogen) atoms. The Morgan fingerprint density at radius 1 is 1.21 bits per heavy atom. The summed E-state index contributed by atoms with van der Waals surface area (Å²) < 4.78 is 0. The summed E-state index contributed by atoms with van der Waals surface area (Å²) in [5.74, 6) is -0.711. The second-order valence-electron chi connectivity index (χ2n) is 4.95. The molecule has 0 saturated heterocycles. The van der Waals surface area contributed by atoms with E-state index in [2.05, 4.69) is 35.6 Å². The molecular formula is C16H19NO2. The van der Waals surface area contributed by atoms with Gasteiger partial charge in [0, 0.05) is 12.5 Å².